The number of hydrogen-bond donors (Lipinski definition) is 1. The maximum atomic E-state index is 11.1. The molecule has 0 radical (unpaired) electrons. The Labute approximate surface area is 102 Å². The van der Waals surface area contributed by atoms with Crippen molar-refractivity contribution in [2.24, 2.45) is 0 Å². The van der Waals surface area contributed by atoms with Gasteiger partial charge in [-0.1, -0.05) is 0 Å². The van der Waals surface area contributed by atoms with Crippen LogP contribution < -0.4 is 4.90 Å². The number of aromatic nitrogens is 2. The molecule has 2 aromatic rings. The summed E-state index contributed by atoms with van der Waals surface area (Å²) in [5.41, 5.74) is 1.55. The zero-order valence-corrected chi connectivity index (χ0v) is 9.63. The molecule has 1 aromatic heterocycles. The average Bonchev–Trinajstić information content (AvgIpc) is 2.85. The van der Waals surface area contributed by atoms with E-state index in [1.54, 1.807) is 18.3 Å². The minimum absolute atomic E-state index is 0.116. The van der Waals surface area contributed by atoms with Gasteiger partial charge in [0.05, 0.1) is 29.9 Å². The highest BCUT2D eigenvalue weighted by Crippen LogP contribution is 2.32. The van der Waals surface area contributed by atoms with E-state index in [2.05, 4.69) is 10.2 Å². The van der Waals surface area contributed by atoms with E-state index in [9.17, 15) is 10.1 Å². The number of fused-ring (bicyclic) bond motifs is 1. The Morgan fingerprint density at radius 3 is 2.89 bits per heavy atom. The molecule has 0 saturated carbocycles. The van der Waals surface area contributed by atoms with Gasteiger partial charge in [0.15, 0.2) is 0 Å². The van der Waals surface area contributed by atoms with Crippen molar-refractivity contribution in [3.05, 3.63) is 28.4 Å². The molecule has 3 rings (SSSR count). The normalized spacial score (nSPS) is 16.1. The van der Waals surface area contributed by atoms with E-state index in [4.69, 9.17) is 4.74 Å². The summed E-state index contributed by atoms with van der Waals surface area (Å²) in [5.74, 6) is 0. The van der Waals surface area contributed by atoms with Crippen LogP contribution in [0.5, 0.6) is 0 Å². The number of nitro groups is 1. The lowest BCUT2D eigenvalue weighted by molar-refractivity contribution is -0.384. The van der Waals surface area contributed by atoms with E-state index in [1.165, 1.54) is 0 Å². The number of rotatable bonds is 2. The van der Waals surface area contributed by atoms with E-state index in [1.807, 2.05) is 4.90 Å². The highest BCUT2D eigenvalue weighted by atomic mass is 16.6. The number of anilines is 1. The van der Waals surface area contributed by atoms with Gasteiger partial charge in [-0.25, -0.2) is 0 Å². The minimum atomic E-state index is -0.350. The van der Waals surface area contributed by atoms with Gasteiger partial charge < -0.3 is 9.64 Å². The monoisotopic (exact) mass is 248 g/mol. The van der Waals surface area contributed by atoms with E-state index < -0.39 is 0 Å². The Morgan fingerprint density at radius 1 is 1.39 bits per heavy atom. The molecule has 1 aliphatic heterocycles. The fourth-order valence-corrected chi connectivity index (χ4v) is 2.17. The number of nitro benzene ring substituents is 1. The van der Waals surface area contributed by atoms with Gasteiger partial charge in [-0.3, -0.25) is 15.2 Å². The average molecular weight is 248 g/mol. The molecule has 0 unspecified atom stereocenters. The maximum absolute atomic E-state index is 11.1. The summed E-state index contributed by atoms with van der Waals surface area (Å²) in [6, 6.07) is 3.34. The first-order chi connectivity index (χ1) is 8.75. The minimum Gasteiger partial charge on any atom is -0.378 e. The van der Waals surface area contributed by atoms with Gasteiger partial charge in [-0.15, -0.1) is 0 Å². The van der Waals surface area contributed by atoms with Crippen LogP contribution in [0.2, 0.25) is 0 Å². The number of aromatic amines is 1. The number of ether oxygens (including phenoxy) is 1. The number of nitrogens with one attached hydrogen (secondary N) is 1. The standard InChI is InChI=1S/C11H12N4O3/c16-15(17)11-5-8-7-12-13-9(8)6-10(11)14-1-3-18-4-2-14/h5-7H,1-4H2,(H,12,13). The maximum Gasteiger partial charge on any atom is 0.293 e. The summed E-state index contributed by atoms with van der Waals surface area (Å²) in [6.45, 7) is 2.53. The zero-order valence-electron chi connectivity index (χ0n) is 9.63. The fourth-order valence-electron chi connectivity index (χ4n) is 2.17. The smallest absolute Gasteiger partial charge is 0.293 e. The van der Waals surface area contributed by atoms with Crippen LogP contribution in [-0.4, -0.2) is 41.4 Å². The highest BCUT2D eigenvalue weighted by molar-refractivity contribution is 5.87. The predicted octanol–water partition coefficient (Wildman–Crippen LogP) is 1.31. The summed E-state index contributed by atoms with van der Waals surface area (Å²) in [6.07, 6.45) is 1.59. The highest BCUT2D eigenvalue weighted by Gasteiger charge is 2.22. The molecule has 0 atom stereocenters. The van der Waals surface area contributed by atoms with Gasteiger partial charge in [0.1, 0.15) is 5.69 Å². The van der Waals surface area contributed by atoms with Crippen molar-refractivity contribution in [3.8, 4) is 0 Å². The van der Waals surface area contributed by atoms with Crippen LogP contribution in [0, 0.1) is 10.1 Å². The Hall–Kier alpha value is -2.15. The van der Waals surface area contributed by atoms with Crippen molar-refractivity contribution in [2.45, 2.75) is 0 Å². The number of benzene rings is 1. The quantitative estimate of drug-likeness (QED) is 0.639. The second-order valence-corrected chi connectivity index (χ2v) is 4.15. The molecule has 94 valence electrons. The molecule has 2 heterocycles. The fraction of sp³-hybridized carbons (Fsp3) is 0.364. The van der Waals surface area contributed by atoms with Crippen LogP contribution in [0.1, 0.15) is 0 Å². The third-order valence-electron chi connectivity index (χ3n) is 3.08. The Balaban J connectivity index is 2.11. The van der Waals surface area contributed by atoms with Crippen LogP contribution in [0.3, 0.4) is 0 Å². The molecule has 0 aliphatic carbocycles. The first-order valence-electron chi connectivity index (χ1n) is 5.70. The third kappa shape index (κ3) is 1.78. The van der Waals surface area contributed by atoms with Crippen molar-refractivity contribution in [1.82, 2.24) is 10.2 Å². The molecule has 7 heteroatoms. The SMILES string of the molecule is O=[N+]([O-])c1cc2cn[nH]c2cc1N1CCOCC1. The molecule has 7 nitrogen and oxygen atoms in total. The molecule has 1 aliphatic rings. The number of hydrogen-bond acceptors (Lipinski definition) is 5. The number of H-pyrrole nitrogens is 1. The topological polar surface area (TPSA) is 84.3 Å². The lowest BCUT2D eigenvalue weighted by Crippen LogP contribution is -2.36. The molecular weight excluding hydrogens is 236 g/mol. The molecule has 1 aromatic carbocycles. The van der Waals surface area contributed by atoms with Crippen molar-refractivity contribution in [1.29, 1.82) is 0 Å². The summed E-state index contributed by atoms with van der Waals surface area (Å²) in [7, 11) is 0. The van der Waals surface area contributed by atoms with E-state index in [0.29, 0.717) is 32.0 Å². The molecule has 1 fully saturated rings. The van der Waals surface area contributed by atoms with Crippen LogP contribution >= 0.6 is 0 Å². The molecular formula is C11H12N4O3. The van der Waals surface area contributed by atoms with E-state index in [-0.39, 0.29) is 10.6 Å². The lowest BCUT2D eigenvalue weighted by atomic mass is 10.2. The second kappa shape index (κ2) is 4.26. The zero-order chi connectivity index (χ0) is 12.5. The van der Waals surface area contributed by atoms with Gasteiger partial charge in [0.2, 0.25) is 0 Å². The molecule has 0 spiro atoms. The predicted molar refractivity (Wildman–Crippen MR) is 65.8 cm³/mol. The summed E-state index contributed by atoms with van der Waals surface area (Å²) < 4.78 is 5.26. The Morgan fingerprint density at radius 2 is 2.17 bits per heavy atom. The summed E-state index contributed by atoms with van der Waals surface area (Å²) in [4.78, 5) is 12.8. The van der Waals surface area contributed by atoms with Crippen molar-refractivity contribution >= 4 is 22.3 Å². The Bertz CT molecular complexity index is 589. The van der Waals surface area contributed by atoms with Crippen LogP contribution in [0.25, 0.3) is 10.9 Å². The number of morpholine rings is 1. The van der Waals surface area contributed by atoms with Gasteiger partial charge in [-0.2, -0.15) is 5.10 Å². The first kappa shape index (κ1) is 11.0. The van der Waals surface area contributed by atoms with Crippen molar-refractivity contribution < 1.29 is 9.66 Å². The Kier molecular flexibility index (Phi) is 2.60. The molecule has 0 amide bonds. The van der Waals surface area contributed by atoms with Crippen LogP contribution in [-0.2, 0) is 4.74 Å². The number of nitrogens with zero attached hydrogens (tertiary/aromatic N) is 3. The van der Waals surface area contributed by atoms with Crippen LogP contribution in [0.15, 0.2) is 18.3 Å². The summed E-state index contributed by atoms with van der Waals surface area (Å²) >= 11 is 0. The first-order valence-corrected chi connectivity index (χ1v) is 5.70. The van der Waals surface area contributed by atoms with Crippen molar-refractivity contribution in [3.63, 3.8) is 0 Å². The van der Waals surface area contributed by atoms with E-state index in [0.717, 1.165) is 10.9 Å². The van der Waals surface area contributed by atoms with Gasteiger partial charge in [0, 0.05) is 24.5 Å². The largest absolute Gasteiger partial charge is 0.378 e. The van der Waals surface area contributed by atoms with Crippen LogP contribution in [0.4, 0.5) is 11.4 Å². The van der Waals surface area contributed by atoms with Gasteiger partial charge >= 0.3 is 0 Å². The van der Waals surface area contributed by atoms with Gasteiger partial charge in [0.25, 0.3) is 5.69 Å². The lowest BCUT2D eigenvalue weighted by Gasteiger charge is -2.28. The molecule has 1 saturated heterocycles. The van der Waals surface area contributed by atoms with E-state index >= 15 is 0 Å². The van der Waals surface area contributed by atoms with Gasteiger partial charge in [-0.05, 0) is 6.07 Å². The summed E-state index contributed by atoms with van der Waals surface area (Å²) in [5, 5.41) is 18.6. The third-order valence-corrected chi connectivity index (χ3v) is 3.08. The molecule has 1 N–H and O–H groups in total. The van der Waals surface area contributed by atoms with Crippen molar-refractivity contribution in [2.75, 3.05) is 31.2 Å². The molecule has 18 heavy (non-hydrogen) atoms. The second-order valence-electron chi connectivity index (χ2n) is 4.15. The molecule has 0 bridgehead atoms.